The molecule has 3 heterocycles. The van der Waals surface area contributed by atoms with Crippen molar-refractivity contribution < 1.29 is 22.0 Å². The van der Waals surface area contributed by atoms with Crippen molar-refractivity contribution in [3.63, 3.8) is 0 Å². The monoisotopic (exact) mass is 421 g/mol. The average Bonchev–Trinajstić information content (AvgIpc) is 3.20. The smallest absolute Gasteiger partial charge is 0.243 e. The van der Waals surface area contributed by atoms with E-state index in [1.54, 1.807) is 24.5 Å². The van der Waals surface area contributed by atoms with Crippen LogP contribution in [0.15, 0.2) is 47.6 Å². The van der Waals surface area contributed by atoms with Crippen LogP contribution >= 0.6 is 0 Å². The second-order valence-electron chi connectivity index (χ2n) is 6.67. The van der Waals surface area contributed by atoms with Crippen molar-refractivity contribution in [3.8, 4) is 0 Å². The zero-order valence-electron chi connectivity index (χ0n) is 15.1. The molecule has 1 N–H and O–H groups in total. The van der Waals surface area contributed by atoms with E-state index >= 15 is 0 Å². The first-order valence-electron chi connectivity index (χ1n) is 8.91. The number of fused-ring (bicyclic) bond motifs is 1. The zero-order valence-corrected chi connectivity index (χ0v) is 15.9. The van der Waals surface area contributed by atoms with E-state index in [1.165, 1.54) is 8.82 Å². The van der Waals surface area contributed by atoms with Gasteiger partial charge in [0.2, 0.25) is 15.9 Å². The summed E-state index contributed by atoms with van der Waals surface area (Å²) in [5.41, 5.74) is 0.593. The summed E-state index contributed by atoms with van der Waals surface area (Å²) in [6.07, 6.45) is 3.74. The van der Waals surface area contributed by atoms with E-state index in [9.17, 15) is 22.0 Å². The van der Waals surface area contributed by atoms with Gasteiger partial charge in [0.05, 0.1) is 11.1 Å². The number of rotatable bonds is 4. The third kappa shape index (κ3) is 3.70. The van der Waals surface area contributed by atoms with E-state index < -0.39 is 21.7 Å². The highest BCUT2D eigenvalue weighted by atomic mass is 32.2. The van der Waals surface area contributed by atoms with Crippen LogP contribution in [0, 0.1) is 17.6 Å². The van der Waals surface area contributed by atoms with Gasteiger partial charge in [0.1, 0.15) is 5.82 Å². The predicted octanol–water partition coefficient (Wildman–Crippen LogP) is 2.05. The molecular formula is C18H17F2N5O3S. The summed E-state index contributed by atoms with van der Waals surface area (Å²) in [5.74, 6) is -2.48. The Labute approximate surface area is 165 Å². The van der Waals surface area contributed by atoms with Crippen LogP contribution in [0.5, 0.6) is 0 Å². The molecule has 4 rings (SSSR count). The third-order valence-electron chi connectivity index (χ3n) is 4.89. The Kier molecular flexibility index (Phi) is 5.01. The molecule has 3 aromatic rings. The number of nitrogens with one attached hydrogen (secondary N) is 1. The molecule has 1 saturated heterocycles. The van der Waals surface area contributed by atoms with Crippen LogP contribution in [0.4, 0.5) is 14.6 Å². The minimum atomic E-state index is -3.96. The summed E-state index contributed by atoms with van der Waals surface area (Å²) in [4.78, 5) is 16.4. The summed E-state index contributed by atoms with van der Waals surface area (Å²) >= 11 is 0. The topological polar surface area (TPSA) is 96.7 Å². The van der Waals surface area contributed by atoms with Gasteiger partial charge in [-0.2, -0.15) is 13.9 Å². The number of aromatic nitrogens is 3. The van der Waals surface area contributed by atoms with Gasteiger partial charge in [-0.3, -0.25) is 4.79 Å². The van der Waals surface area contributed by atoms with E-state index in [-0.39, 0.29) is 29.8 Å². The minimum Gasteiger partial charge on any atom is -0.310 e. The molecule has 0 bridgehead atoms. The van der Waals surface area contributed by atoms with Crippen LogP contribution in [0.25, 0.3) is 5.65 Å². The highest BCUT2D eigenvalue weighted by Crippen LogP contribution is 2.25. The number of benzene rings is 1. The highest BCUT2D eigenvalue weighted by Gasteiger charge is 2.32. The first-order chi connectivity index (χ1) is 13.9. The van der Waals surface area contributed by atoms with Gasteiger partial charge < -0.3 is 5.32 Å². The van der Waals surface area contributed by atoms with E-state index in [0.717, 1.165) is 12.1 Å². The second kappa shape index (κ2) is 7.48. The lowest BCUT2D eigenvalue weighted by atomic mass is 9.97. The number of piperidine rings is 1. The fourth-order valence-electron chi connectivity index (χ4n) is 3.30. The molecule has 1 aliphatic rings. The second-order valence-corrected chi connectivity index (χ2v) is 8.61. The van der Waals surface area contributed by atoms with E-state index in [0.29, 0.717) is 30.4 Å². The zero-order chi connectivity index (χ0) is 20.6. The lowest BCUT2D eigenvalue weighted by Crippen LogP contribution is -2.41. The van der Waals surface area contributed by atoms with Crippen LogP contribution < -0.4 is 5.32 Å². The van der Waals surface area contributed by atoms with Gasteiger partial charge in [0, 0.05) is 31.3 Å². The third-order valence-corrected chi connectivity index (χ3v) is 6.79. The van der Waals surface area contributed by atoms with Crippen molar-refractivity contribution in [2.24, 2.45) is 5.92 Å². The van der Waals surface area contributed by atoms with E-state index in [4.69, 9.17) is 0 Å². The molecule has 1 aromatic carbocycles. The standard InChI is InChI=1S/C18H17F2N5O3S/c19-14-2-1-13(11-15(14)20)29(27,28)24-9-5-12(6-10-24)18(26)23-17-3-7-21-16-4-8-22-25(16)17/h1-4,7-8,11-12H,5-6,9-10H2,(H,23,26). The first-order valence-corrected chi connectivity index (χ1v) is 10.3. The SMILES string of the molecule is O=C(Nc1ccnc2ccnn12)C1CCN(S(=O)(=O)c2ccc(F)c(F)c2)CC1. The Balaban J connectivity index is 1.43. The number of nitrogens with zero attached hydrogens (tertiary/aromatic N) is 4. The maximum absolute atomic E-state index is 13.4. The summed E-state index contributed by atoms with van der Waals surface area (Å²) in [5, 5.41) is 6.90. The quantitative estimate of drug-likeness (QED) is 0.696. The normalized spacial score (nSPS) is 16.2. The molecule has 152 valence electrons. The van der Waals surface area contributed by atoms with Gasteiger partial charge in [-0.25, -0.2) is 22.2 Å². The van der Waals surface area contributed by atoms with E-state index in [1.807, 2.05) is 0 Å². The molecule has 1 amide bonds. The van der Waals surface area contributed by atoms with Gasteiger partial charge in [-0.05, 0) is 37.1 Å². The van der Waals surface area contributed by atoms with E-state index in [2.05, 4.69) is 15.4 Å². The summed E-state index contributed by atoms with van der Waals surface area (Å²) in [6.45, 7) is 0.208. The molecule has 0 unspecified atom stereocenters. The Morgan fingerprint density at radius 2 is 1.83 bits per heavy atom. The lowest BCUT2D eigenvalue weighted by molar-refractivity contribution is -0.120. The van der Waals surface area contributed by atoms with Crippen LogP contribution in [-0.4, -0.2) is 46.3 Å². The Morgan fingerprint density at radius 3 is 2.55 bits per heavy atom. The van der Waals surface area contributed by atoms with Crippen LogP contribution in [0.3, 0.4) is 0 Å². The predicted molar refractivity (Wildman–Crippen MR) is 99.5 cm³/mol. The fourth-order valence-corrected chi connectivity index (χ4v) is 4.78. The summed E-state index contributed by atoms with van der Waals surface area (Å²) < 4.78 is 54.5. The number of carbonyl (C=O) groups excluding carboxylic acids is 1. The molecule has 0 radical (unpaired) electrons. The Bertz CT molecular complexity index is 1170. The number of anilines is 1. The summed E-state index contributed by atoms with van der Waals surface area (Å²) in [7, 11) is -3.96. The molecule has 29 heavy (non-hydrogen) atoms. The number of carbonyl (C=O) groups is 1. The first kappa shape index (κ1) is 19.4. The lowest BCUT2D eigenvalue weighted by Gasteiger charge is -2.30. The average molecular weight is 421 g/mol. The molecule has 11 heteroatoms. The molecule has 2 aromatic heterocycles. The van der Waals surface area contributed by atoms with Crippen molar-refractivity contribution in [2.45, 2.75) is 17.7 Å². The largest absolute Gasteiger partial charge is 0.310 e. The molecule has 0 aliphatic carbocycles. The van der Waals surface area contributed by atoms with Gasteiger partial charge in [0.25, 0.3) is 0 Å². The van der Waals surface area contributed by atoms with Crippen molar-refractivity contribution in [1.82, 2.24) is 18.9 Å². The van der Waals surface area contributed by atoms with Gasteiger partial charge in [-0.15, -0.1) is 0 Å². The number of halogens is 2. The van der Waals surface area contributed by atoms with Crippen molar-refractivity contribution in [1.29, 1.82) is 0 Å². The van der Waals surface area contributed by atoms with Crippen molar-refractivity contribution >= 4 is 27.4 Å². The van der Waals surface area contributed by atoms with Crippen LogP contribution in [0.2, 0.25) is 0 Å². The van der Waals surface area contributed by atoms with Crippen LogP contribution in [-0.2, 0) is 14.8 Å². The van der Waals surface area contributed by atoms with Gasteiger partial charge in [0.15, 0.2) is 17.3 Å². The van der Waals surface area contributed by atoms with Crippen LogP contribution in [0.1, 0.15) is 12.8 Å². The molecule has 8 nitrogen and oxygen atoms in total. The van der Waals surface area contributed by atoms with Gasteiger partial charge >= 0.3 is 0 Å². The Morgan fingerprint density at radius 1 is 1.07 bits per heavy atom. The molecule has 1 aliphatic heterocycles. The molecule has 0 atom stereocenters. The number of sulfonamides is 1. The molecule has 1 fully saturated rings. The molecular weight excluding hydrogens is 404 g/mol. The number of hydrogen-bond donors (Lipinski definition) is 1. The Hall–Kier alpha value is -2.92. The number of amides is 1. The maximum atomic E-state index is 13.4. The molecule has 0 spiro atoms. The van der Waals surface area contributed by atoms with Crippen molar-refractivity contribution in [3.05, 3.63) is 54.4 Å². The maximum Gasteiger partial charge on any atom is 0.243 e. The van der Waals surface area contributed by atoms with Gasteiger partial charge in [-0.1, -0.05) is 0 Å². The number of hydrogen-bond acceptors (Lipinski definition) is 5. The fraction of sp³-hybridized carbons (Fsp3) is 0.278. The highest BCUT2D eigenvalue weighted by molar-refractivity contribution is 7.89. The molecule has 0 saturated carbocycles. The minimum absolute atomic E-state index is 0.104. The van der Waals surface area contributed by atoms with Crippen molar-refractivity contribution in [2.75, 3.05) is 18.4 Å². The summed E-state index contributed by atoms with van der Waals surface area (Å²) in [6, 6.07) is 5.82.